The maximum absolute atomic E-state index is 12.6. The van der Waals surface area contributed by atoms with Crippen LogP contribution < -0.4 is 9.21 Å². The molecule has 2 aromatic carbocycles. The van der Waals surface area contributed by atoms with Gasteiger partial charge in [0.2, 0.25) is 26.0 Å². The van der Waals surface area contributed by atoms with Crippen LogP contribution in [0.1, 0.15) is 0 Å². The number of hydrogen-bond donors (Lipinski definition) is 0. The Balaban J connectivity index is 2.31. The number of anilines is 2. The Hall–Kier alpha value is -2.43. The summed E-state index contributed by atoms with van der Waals surface area (Å²) in [4.78, 5) is 14.0. The van der Waals surface area contributed by atoms with E-state index in [2.05, 4.69) is 0 Å². The first-order valence-corrected chi connectivity index (χ1v) is 11.6. The van der Waals surface area contributed by atoms with Gasteiger partial charge in [-0.05, 0) is 36.4 Å². The summed E-state index contributed by atoms with van der Waals surface area (Å²) < 4.78 is 50.8. The lowest BCUT2D eigenvalue weighted by atomic mass is 10.3. The molecule has 0 heterocycles. The lowest BCUT2D eigenvalue weighted by Gasteiger charge is -2.25. The molecule has 0 aliphatic rings. The minimum atomic E-state index is -3.77. The monoisotopic (exact) mass is 425 g/mol. The highest BCUT2D eigenvalue weighted by molar-refractivity contribution is 7.92. The second kappa shape index (κ2) is 8.29. The van der Waals surface area contributed by atoms with E-state index >= 15 is 0 Å². The summed E-state index contributed by atoms with van der Waals surface area (Å²) in [6.45, 7) is -0.413. The Labute approximate surface area is 166 Å². The third-order valence-electron chi connectivity index (χ3n) is 4.10. The topological polar surface area (TPSA) is 95.1 Å². The molecule has 28 heavy (non-hydrogen) atoms. The zero-order valence-electron chi connectivity index (χ0n) is 16.1. The van der Waals surface area contributed by atoms with Crippen LogP contribution >= 0.6 is 0 Å². The Bertz CT molecular complexity index is 1030. The van der Waals surface area contributed by atoms with E-state index in [4.69, 9.17) is 0 Å². The van der Waals surface area contributed by atoms with Crippen LogP contribution in [0, 0.1) is 0 Å². The molecule has 0 spiro atoms. The average Bonchev–Trinajstić information content (AvgIpc) is 2.65. The first kappa shape index (κ1) is 21.9. The number of carbonyl (C=O) groups excluding carboxylic acids is 1. The normalized spacial score (nSPS) is 12.0. The van der Waals surface area contributed by atoms with Crippen molar-refractivity contribution >= 4 is 37.3 Å². The quantitative estimate of drug-likeness (QED) is 0.668. The second-order valence-electron chi connectivity index (χ2n) is 6.34. The van der Waals surface area contributed by atoms with E-state index in [9.17, 15) is 21.6 Å². The van der Waals surface area contributed by atoms with Crippen LogP contribution in [-0.2, 0) is 24.8 Å². The first-order chi connectivity index (χ1) is 12.9. The molecule has 0 aliphatic carbocycles. The summed E-state index contributed by atoms with van der Waals surface area (Å²) in [6.07, 6.45) is 0.993. The highest BCUT2D eigenvalue weighted by Crippen LogP contribution is 2.22. The molecule has 0 aromatic heterocycles. The SMILES string of the molecule is CN(C(=O)CN(c1ccc(S(=O)(=O)N(C)C)cc1)S(C)(=O)=O)c1ccccc1. The molecule has 0 saturated carbocycles. The van der Waals surface area contributed by atoms with Gasteiger partial charge in [0.25, 0.3) is 0 Å². The van der Waals surface area contributed by atoms with Gasteiger partial charge >= 0.3 is 0 Å². The van der Waals surface area contributed by atoms with E-state index < -0.39 is 32.5 Å². The molecule has 0 bridgehead atoms. The zero-order chi connectivity index (χ0) is 21.1. The fourth-order valence-electron chi connectivity index (χ4n) is 2.42. The van der Waals surface area contributed by atoms with Gasteiger partial charge in [-0.3, -0.25) is 9.10 Å². The largest absolute Gasteiger partial charge is 0.314 e. The number of carbonyl (C=O) groups is 1. The van der Waals surface area contributed by atoms with Gasteiger partial charge in [0.1, 0.15) is 6.54 Å². The van der Waals surface area contributed by atoms with E-state index in [0.29, 0.717) is 5.69 Å². The Morgan fingerprint density at radius 2 is 1.36 bits per heavy atom. The summed E-state index contributed by atoms with van der Waals surface area (Å²) >= 11 is 0. The van der Waals surface area contributed by atoms with Crippen molar-refractivity contribution in [1.29, 1.82) is 0 Å². The summed E-state index contributed by atoms with van der Waals surface area (Å²) in [6, 6.07) is 14.2. The van der Waals surface area contributed by atoms with Gasteiger partial charge < -0.3 is 4.90 Å². The number of amides is 1. The third-order valence-corrected chi connectivity index (χ3v) is 7.07. The minimum absolute atomic E-state index is 0.0300. The van der Waals surface area contributed by atoms with Crippen LogP contribution in [0.5, 0.6) is 0 Å². The molecule has 0 aliphatic heterocycles. The van der Waals surface area contributed by atoms with Crippen LogP contribution in [0.3, 0.4) is 0 Å². The molecule has 2 aromatic rings. The van der Waals surface area contributed by atoms with E-state index in [1.807, 2.05) is 6.07 Å². The van der Waals surface area contributed by atoms with Crippen LogP contribution in [0.4, 0.5) is 11.4 Å². The number of likely N-dealkylation sites (N-methyl/N-ethyl adjacent to an activating group) is 1. The van der Waals surface area contributed by atoms with Gasteiger partial charge in [-0.2, -0.15) is 0 Å². The van der Waals surface area contributed by atoms with Crippen LogP contribution in [0.2, 0.25) is 0 Å². The highest BCUT2D eigenvalue weighted by Gasteiger charge is 2.24. The van der Waals surface area contributed by atoms with E-state index in [-0.39, 0.29) is 10.6 Å². The lowest BCUT2D eigenvalue weighted by molar-refractivity contribution is -0.116. The highest BCUT2D eigenvalue weighted by atomic mass is 32.2. The van der Waals surface area contributed by atoms with Crippen molar-refractivity contribution in [3.63, 3.8) is 0 Å². The molecule has 0 atom stereocenters. The Morgan fingerprint density at radius 1 is 0.821 bits per heavy atom. The predicted molar refractivity (Wildman–Crippen MR) is 109 cm³/mol. The maximum Gasteiger partial charge on any atom is 0.247 e. The number of hydrogen-bond acceptors (Lipinski definition) is 5. The number of nitrogens with zero attached hydrogens (tertiary/aromatic N) is 3. The van der Waals surface area contributed by atoms with Crippen molar-refractivity contribution in [2.75, 3.05) is 43.1 Å². The van der Waals surface area contributed by atoms with E-state index in [1.54, 1.807) is 31.3 Å². The van der Waals surface area contributed by atoms with Crippen LogP contribution in [-0.4, -0.2) is 61.0 Å². The van der Waals surface area contributed by atoms with Crippen molar-refractivity contribution in [3.8, 4) is 0 Å². The molecule has 0 N–H and O–H groups in total. The first-order valence-electron chi connectivity index (χ1n) is 8.26. The standard InChI is InChI=1S/C18H23N3O5S2/c1-19(2)28(25,26)17-12-10-16(11-13-17)21(27(4,23)24)14-18(22)20(3)15-8-6-5-7-9-15/h5-13H,14H2,1-4H3. The van der Waals surface area contributed by atoms with Crippen molar-refractivity contribution in [2.24, 2.45) is 0 Å². The summed E-state index contributed by atoms with van der Waals surface area (Å²) in [5.74, 6) is -0.429. The molecule has 0 saturated heterocycles. The van der Waals surface area contributed by atoms with Gasteiger partial charge in [0.15, 0.2) is 0 Å². The number of benzene rings is 2. The Kier molecular flexibility index (Phi) is 6.48. The fourth-order valence-corrected chi connectivity index (χ4v) is 4.17. The number of sulfonamides is 2. The summed E-state index contributed by atoms with van der Waals surface area (Å²) in [5, 5.41) is 0. The predicted octanol–water partition coefficient (Wildman–Crippen LogP) is 1.37. The lowest BCUT2D eigenvalue weighted by Crippen LogP contribution is -2.41. The average molecular weight is 426 g/mol. The molecular formula is C18H23N3O5S2. The number of para-hydroxylation sites is 1. The van der Waals surface area contributed by atoms with Gasteiger partial charge in [-0.15, -0.1) is 0 Å². The molecule has 8 nitrogen and oxygen atoms in total. The molecule has 2 rings (SSSR count). The van der Waals surface area contributed by atoms with E-state index in [0.717, 1.165) is 14.9 Å². The van der Waals surface area contributed by atoms with Crippen molar-refractivity contribution < 1.29 is 21.6 Å². The smallest absolute Gasteiger partial charge is 0.247 e. The summed E-state index contributed by atoms with van der Waals surface area (Å²) in [7, 11) is -3.03. The van der Waals surface area contributed by atoms with E-state index in [1.165, 1.54) is 43.3 Å². The second-order valence-corrected chi connectivity index (χ2v) is 10.4. The zero-order valence-corrected chi connectivity index (χ0v) is 17.7. The van der Waals surface area contributed by atoms with Gasteiger partial charge in [0.05, 0.1) is 16.8 Å². The molecule has 0 radical (unpaired) electrons. The molecule has 1 amide bonds. The van der Waals surface area contributed by atoms with Gasteiger partial charge in [0, 0.05) is 26.8 Å². The molecule has 152 valence electrons. The van der Waals surface area contributed by atoms with Crippen LogP contribution in [0.15, 0.2) is 59.5 Å². The van der Waals surface area contributed by atoms with Crippen molar-refractivity contribution in [2.45, 2.75) is 4.90 Å². The molecule has 10 heteroatoms. The fraction of sp³-hybridized carbons (Fsp3) is 0.278. The molecule has 0 fully saturated rings. The Morgan fingerprint density at radius 3 is 1.82 bits per heavy atom. The minimum Gasteiger partial charge on any atom is -0.314 e. The van der Waals surface area contributed by atoms with Gasteiger partial charge in [-0.25, -0.2) is 21.1 Å². The molecular weight excluding hydrogens is 402 g/mol. The van der Waals surface area contributed by atoms with Crippen molar-refractivity contribution in [3.05, 3.63) is 54.6 Å². The van der Waals surface area contributed by atoms with Crippen molar-refractivity contribution in [1.82, 2.24) is 4.31 Å². The third kappa shape index (κ3) is 4.89. The van der Waals surface area contributed by atoms with Crippen LogP contribution in [0.25, 0.3) is 0 Å². The molecule has 0 unspecified atom stereocenters. The number of rotatable bonds is 7. The maximum atomic E-state index is 12.6. The van der Waals surface area contributed by atoms with Gasteiger partial charge in [-0.1, -0.05) is 18.2 Å². The summed E-state index contributed by atoms with van der Waals surface area (Å²) in [5.41, 5.74) is 0.836.